The molecule has 0 N–H and O–H groups in total. The second-order valence-corrected chi connectivity index (χ2v) is 8.51. The van der Waals surface area contributed by atoms with Gasteiger partial charge in [0.05, 0.1) is 12.5 Å². The minimum atomic E-state index is 0.0221. The third-order valence-electron chi connectivity index (χ3n) is 5.64. The van der Waals surface area contributed by atoms with Crippen LogP contribution in [0.2, 0.25) is 0 Å². The van der Waals surface area contributed by atoms with E-state index >= 15 is 0 Å². The second kappa shape index (κ2) is 21.8. The van der Waals surface area contributed by atoms with Gasteiger partial charge in [0.1, 0.15) is 0 Å². The van der Waals surface area contributed by atoms with Gasteiger partial charge in [-0.1, -0.05) is 130 Å². The molecule has 0 spiro atoms. The van der Waals surface area contributed by atoms with E-state index in [1.54, 1.807) is 0 Å². The van der Waals surface area contributed by atoms with Crippen LogP contribution in [0.1, 0.15) is 143 Å². The van der Waals surface area contributed by atoms with Crippen LogP contribution in [0, 0.1) is 5.92 Å². The van der Waals surface area contributed by atoms with E-state index in [2.05, 4.69) is 13.8 Å². The van der Waals surface area contributed by atoms with Crippen LogP contribution in [-0.2, 0) is 9.53 Å². The van der Waals surface area contributed by atoms with Crippen LogP contribution in [0.4, 0.5) is 0 Å². The van der Waals surface area contributed by atoms with Gasteiger partial charge in [-0.2, -0.15) is 0 Å². The lowest BCUT2D eigenvalue weighted by molar-refractivity contribution is -0.148. The standard InChI is InChI=1S/C25H50O2/c1-4-6-8-10-12-14-15-17-19-21-23-27-25(26)24(3)22-20-18-16-13-11-9-7-5-2/h24H,4-23H2,1-3H3. The number of carbonyl (C=O) groups excluding carboxylic acids is 1. The molecule has 0 saturated heterocycles. The van der Waals surface area contributed by atoms with E-state index in [0.717, 1.165) is 12.8 Å². The lowest BCUT2D eigenvalue weighted by atomic mass is 10.0. The Labute approximate surface area is 171 Å². The van der Waals surface area contributed by atoms with Gasteiger partial charge in [-0.05, 0) is 12.8 Å². The van der Waals surface area contributed by atoms with Crippen LogP contribution in [0.25, 0.3) is 0 Å². The van der Waals surface area contributed by atoms with E-state index in [1.807, 2.05) is 6.92 Å². The maximum Gasteiger partial charge on any atom is 0.308 e. The zero-order valence-electron chi connectivity index (χ0n) is 19.0. The summed E-state index contributed by atoms with van der Waals surface area (Å²) in [7, 11) is 0. The molecule has 2 heteroatoms. The largest absolute Gasteiger partial charge is 0.465 e. The predicted molar refractivity (Wildman–Crippen MR) is 119 cm³/mol. The molecule has 0 amide bonds. The zero-order valence-corrected chi connectivity index (χ0v) is 19.0. The Kier molecular flexibility index (Phi) is 21.3. The molecule has 162 valence electrons. The predicted octanol–water partition coefficient (Wildman–Crippen LogP) is 8.62. The first-order chi connectivity index (χ1) is 13.2. The van der Waals surface area contributed by atoms with E-state index in [4.69, 9.17) is 4.74 Å². The van der Waals surface area contributed by atoms with Crippen molar-refractivity contribution >= 4 is 5.97 Å². The summed E-state index contributed by atoms with van der Waals surface area (Å²) < 4.78 is 5.46. The number of esters is 1. The normalized spacial score (nSPS) is 12.3. The van der Waals surface area contributed by atoms with Crippen molar-refractivity contribution in [2.45, 2.75) is 143 Å². The van der Waals surface area contributed by atoms with Crippen LogP contribution in [0.5, 0.6) is 0 Å². The van der Waals surface area contributed by atoms with Gasteiger partial charge in [0.15, 0.2) is 0 Å². The van der Waals surface area contributed by atoms with Crippen molar-refractivity contribution in [2.75, 3.05) is 6.61 Å². The van der Waals surface area contributed by atoms with E-state index in [1.165, 1.54) is 109 Å². The Hall–Kier alpha value is -0.530. The highest BCUT2D eigenvalue weighted by molar-refractivity contribution is 5.71. The number of rotatable bonds is 21. The number of hydrogen-bond acceptors (Lipinski definition) is 2. The van der Waals surface area contributed by atoms with E-state index in [0.29, 0.717) is 6.61 Å². The number of ether oxygens (including phenoxy) is 1. The fraction of sp³-hybridized carbons (Fsp3) is 0.960. The molecule has 0 radical (unpaired) electrons. The van der Waals surface area contributed by atoms with Crippen molar-refractivity contribution in [1.82, 2.24) is 0 Å². The average molecular weight is 383 g/mol. The molecular weight excluding hydrogens is 332 g/mol. The first-order valence-electron chi connectivity index (χ1n) is 12.4. The molecule has 1 atom stereocenters. The third kappa shape index (κ3) is 20.0. The summed E-state index contributed by atoms with van der Waals surface area (Å²) in [6, 6.07) is 0. The fourth-order valence-electron chi connectivity index (χ4n) is 3.61. The molecule has 0 aliphatic rings. The highest BCUT2D eigenvalue weighted by Crippen LogP contribution is 2.15. The molecule has 0 aliphatic carbocycles. The topological polar surface area (TPSA) is 26.3 Å². The van der Waals surface area contributed by atoms with Crippen LogP contribution < -0.4 is 0 Å². The minimum absolute atomic E-state index is 0.0221. The van der Waals surface area contributed by atoms with Crippen molar-refractivity contribution in [1.29, 1.82) is 0 Å². The van der Waals surface area contributed by atoms with E-state index in [-0.39, 0.29) is 11.9 Å². The first kappa shape index (κ1) is 26.5. The molecule has 27 heavy (non-hydrogen) atoms. The van der Waals surface area contributed by atoms with E-state index in [9.17, 15) is 4.79 Å². The van der Waals surface area contributed by atoms with Crippen molar-refractivity contribution < 1.29 is 9.53 Å². The van der Waals surface area contributed by atoms with Crippen molar-refractivity contribution in [3.63, 3.8) is 0 Å². The van der Waals surface area contributed by atoms with Crippen molar-refractivity contribution in [2.24, 2.45) is 5.92 Å². The Morgan fingerprint density at radius 3 is 1.41 bits per heavy atom. The Balaban J connectivity index is 3.31. The van der Waals surface area contributed by atoms with Gasteiger partial charge in [0, 0.05) is 0 Å². The highest BCUT2D eigenvalue weighted by Gasteiger charge is 2.13. The molecule has 0 aromatic rings. The summed E-state index contributed by atoms with van der Waals surface area (Å²) in [5, 5.41) is 0. The summed E-state index contributed by atoms with van der Waals surface area (Å²) >= 11 is 0. The molecule has 0 aliphatic heterocycles. The maximum atomic E-state index is 12.0. The van der Waals surface area contributed by atoms with E-state index < -0.39 is 0 Å². The van der Waals surface area contributed by atoms with Gasteiger partial charge in [0.25, 0.3) is 0 Å². The van der Waals surface area contributed by atoms with Gasteiger partial charge in [0.2, 0.25) is 0 Å². The lowest BCUT2D eigenvalue weighted by Gasteiger charge is -2.11. The molecular formula is C25H50O2. The smallest absolute Gasteiger partial charge is 0.308 e. The summed E-state index contributed by atoms with van der Waals surface area (Å²) in [6.07, 6.45) is 24.7. The molecule has 1 unspecified atom stereocenters. The van der Waals surface area contributed by atoms with Crippen molar-refractivity contribution in [3.8, 4) is 0 Å². The molecule has 0 bridgehead atoms. The molecule has 0 fully saturated rings. The molecule has 0 aromatic carbocycles. The number of unbranched alkanes of at least 4 members (excludes halogenated alkanes) is 16. The van der Waals surface area contributed by atoms with Crippen molar-refractivity contribution in [3.05, 3.63) is 0 Å². The number of carbonyl (C=O) groups is 1. The van der Waals surface area contributed by atoms with Crippen LogP contribution >= 0.6 is 0 Å². The van der Waals surface area contributed by atoms with Gasteiger partial charge in [-0.25, -0.2) is 0 Å². The van der Waals surface area contributed by atoms with Crippen LogP contribution in [0.3, 0.4) is 0 Å². The summed E-state index contributed by atoms with van der Waals surface area (Å²) in [5.41, 5.74) is 0. The SMILES string of the molecule is CCCCCCCCCCCCOC(=O)C(C)CCCCCCCCCC. The Morgan fingerprint density at radius 2 is 0.963 bits per heavy atom. The summed E-state index contributed by atoms with van der Waals surface area (Å²) in [4.78, 5) is 12.0. The molecule has 0 rings (SSSR count). The molecule has 0 heterocycles. The van der Waals surface area contributed by atoms with Gasteiger partial charge >= 0.3 is 5.97 Å². The Morgan fingerprint density at radius 1 is 0.593 bits per heavy atom. The maximum absolute atomic E-state index is 12.0. The summed E-state index contributed by atoms with van der Waals surface area (Å²) in [5.74, 6) is 0.0992. The monoisotopic (exact) mass is 382 g/mol. The van der Waals surface area contributed by atoms with Crippen LogP contribution in [-0.4, -0.2) is 12.6 Å². The summed E-state index contributed by atoms with van der Waals surface area (Å²) in [6.45, 7) is 7.18. The molecule has 0 saturated carbocycles. The van der Waals surface area contributed by atoms with Gasteiger partial charge in [-0.3, -0.25) is 4.79 Å². The van der Waals surface area contributed by atoms with Gasteiger partial charge < -0.3 is 4.74 Å². The number of hydrogen-bond donors (Lipinski definition) is 0. The molecule has 0 aromatic heterocycles. The third-order valence-corrected chi connectivity index (χ3v) is 5.64. The second-order valence-electron chi connectivity index (χ2n) is 8.51. The molecule has 2 nitrogen and oxygen atoms in total. The van der Waals surface area contributed by atoms with Crippen LogP contribution in [0.15, 0.2) is 0 Å². The fourth-order valence-corrected chi connectivity index (χ4v) is 3.61. The first-order valence-corrected chi connectivity index (χ1v) is 12.4. The highest BCUT2D eigenvalue weighted by atomic mass is 16.5. The zero-order chi connectivity index (χ0) is 20.0. The minimum Gasteiger partial charge on any atom is -0.465 e. The average Bonchev–Trinajstić information content (AvgIpc) is 2.67. The van der Waals surface area contributed by atoms with Gasteiger partial charge in [-0.15, -0.1) is 0 Å². The quantitative estimate of drug-likeness (QED) is 0.147. The Bertz CT molecular complexity index is 301. The lowest BCUT2D eigenvalue weighted by Crippen LogP contribution is -2.15.